The Labute approximate surface area is 163 Å². The van der Waals surface area contributed by atoms with Gasteiger partial charge in [0.25, 0.3) is 6.43 Å². The van der Waals surface area contributed by atoms with Crippen LogP contribution in [0.15, 0.2) is 24.5 Å². The number of aryl methyl sites for hydroxylation is 1. The number of piperidine rings is 1. The summed E-state index contributed by atoms with van der Waals surface area (Å²) in [5, 5.41) is 7.33. The lowest BCUT2D eigenvalue weighted by molar-refractivity contribution is 0.0550. The second kappa shape index (κ2) is 8.03. The van der Waals surface area contributed by atoms with Crippen LogP contribution in [0, 0.1) is 12.8 Å². The van der Waals surface area contributed by atoms with E-state index in [2.05, 4.69) is 33.3 Å². The average Bonchev–Trinajstić information content (AvgIpc) is 3.16. The zero-order valence-corrected chi connectivity index (χ0v) is 16.3. The number of nitrogens with one attached hydrogen (secondary N) is 1. The molecular weight excluding hydrogens is 364 g/mol. The Hall–Kier alpha value is -2.22. The Morgan fingerprint density at radius 2 is 2.21 bits per heavy atom. The van der Waals surface area contributed by atoms with Crippen LogP contribution in [-0.2, 0) is 6.54 Å². The van der Waals surface area contributed by atoms with Crippen LogP contribution in [-0.4, -0.2) is 52.3 Å². The van der Waals surface area contributed by atoms with Crippen LogP contribution >= 0.6 is 0 Å². The number of likely N-dealkylation sites (tertiary alicyclic amines) is 1. The van der Waals surface area contributed by atoms with Crippen molar-refractivity contribution in [1.82, 2.24) is 19.7 Å². The number of halogens is 2. The number of ether oxygens (including phenoxy) is 1. The van der Waals surface area contributed by atoms with Gasteiger partial charge >= 0.3 is 0 Å². The van der Waals surface area contributed by atoms with Crippen molar-refractivity contribution in [3.05, 3.63) is 35.7 Å². The summed E-state index contributed by atoms with van der Waals surface area (Å²) in [5.74, 6) is 1.66. The summed E-state index contributed by atoms with van der Waals surface area (Å²) in [7, 11) is 1.69. The molecule has 0 spiro atoms. The maximum atomic E-state index is 13.6. The van der Waals surface area contributed by atoms with Gasteiger partial charge in [0.2, 0.25) is 5.95 Å². The lowest BCUT2D eigenvalue weighted by atomic mass is 9.86. The van der Waals surface area contributed by atoms with Crippen LogP contribution in [0.2, 0.25) is 0 Å². The van der Waals surface area contributed by atoms with E-state index in [1.165, 1.54) is 22.1 Å². The quantitative estimate of drug-likeness (QED) is 0.846. The molecule has 0 saturated carbocycles. The van der Waals surface area contributed by atoms with Gasteiger partial charge in [-0.1, -0.05) is 17.7 Å². The molecule has 6 nitrogen and oxygen atoms in total. The topological polar surface area (TPSA) is 55.2 Å². The molecule has 1 aromatic heterocycles. The van der Waals surface area contributed by atoms with Crippen LogP contribution in [0.5, 0.6) is 5.75 Å². The fourth-order valence-electron chi connectivity index (χ4n) is 4.54. The number of aromatic nitrogens is 3. The number of alkyl halides is 2. The molecule has 3 atom stereocenters. The molecule has 8 heteroatoms. The fraction of sp³-hybridized carbons (Fsp3) is 0.600. The number of methoxy groups -OCH3 is 1. The van der Waals surface area contributed by atoms with Gasteiger partial charge in [-0.2, -0.15) is 10.1 Å². The summed E-state index contributed by atoms with van der Waals surface area (Å²) in [4.78, 5) is 6.54. The van der Waals surface area contributed by atoms with Crippen LogP contribution in [0.4, 0.5) is 14.7 Å². The van der Waals surface area contributed by atoms with Gasteiger partial charge in [-0.15, -0.1) is 0 Å². The molecule has 28 heavy (non-hydrogen) atoms. The van der Waals surface area contributed by atoms with E-state index in [0.29, 0.717) is 18.3 Å². The Balaban J connectivity index is 1.47. The van der Waals surface area contributed by atoms with E-state index in [0.717, 1.165) is 38.2 Å². The van der Waals surface area contributed by atoms with Crippen LogP contribution in [0.3, 0.4) is 0 Å². The van der Waals surface area contributed by atoms with E-state index in [1.54, 1.807) is 7.11 Å². The van der Waals surface area contributed by atoms with Gasteiger partial charge in [-0.3, -0.25) is 4.90 Å². The number of hydrogen-bond donors (Lipinski definition) is 1. The highest BCUT2D eigenvalue weighted by Gasteiger charge is 2.38. The molecule has 1 saturated heterocycles. The zero-order chi connectivity index (χ0) is 19.7. The van der Waals surface area contributed by atoms with Gasteiger partial charge in [-0.05, 0) is 44.7 Å². The summed E-state index contributed by atoms with van der Waals surface area (Å²) in [6.45, 7) is 4.77. The van der Waals surface area contributed by atoms with Crippen LogP contribution in [0.1, 0.15) is 36.4 Å². The van der Waals surface area contributed by atoms with E-state index < -0.39 is 12.5 Å². The van der Waals surface area contributed by atoms with Crippen LogP contribution in [0.25, 0.3) is 0 Å². The van der Waals surface area contributed by atoms with E-state index in [1.807, 2.05) is 12.1 Å². The number of fused-ring (bicyclic) bond motifs is 1. The summed E-state index contributed by atoms with van der Waals surface area (Å²) >= 11 is 0. The highest BCUT2D eigenvalue weighted by molar-refractivity contribution is 5.37. The third-order valence-electron chi connectivity index (χ3n) is 5.93. The van der Waals surface area contributed by atoms with E-state index in [9.17, 15) is 8.78 Å². The lowest BCUT2D eigenvalue weighted by Gasteiger charge is -2.40. The van der Waals surface area contributed by atoms with Crippen molar-refractivity contribution in [2.45, 2.75) is 51.2 Å². The number of benzene rings is 1. The molecule has 2 aliphatic heterocycles. The minimum atomic E-state index is -2.44. The SMILES string of the molecule is COc1ccc(C)cc1CN1CCCC([C@@H]2C[C@H](C(F)F)n3ncnc3N2)C1. The first kappa shape index (κ1) is 19.1. The predicted octanol–water partition coefficient (Wildman–Crippen LogP) is 3.50. The lowest BCUT2D eigenvalue weighted by Crippen LogP contribution is -2.46. The monoisotopic (exact) mass is 391 g/mol. The second-order valence-corrected chi connectivity index (χ2v) is 7.87. The van der Waals surface area contributed by atoms with Gasteiger partial charge in [-0.25, -0.2) is 13.5 Å². The third kappa shape index (κ3) is 3.83. The predicted molar refractivity (Wildman–Crippen MR) is 103 cm³/mol. The maximum Gasteiger partial charge on any atom is 0.260 e. The van der Waals surface area contributed by atoms with Gasteiger partial charge < -0.3 is 10.1 Å². The molecule has 2 aliphatic rings. The summed E-state index contributed by atoms with van der Waals surface area (Å²) in [5.41, 5.74) is 2.38. The summed E-state index contributed by atoms with van der Waals surface area (Å²) in [6.07, 6.45) is 1.37. The molecule has 0 radical (unpaired) electrons. The van der Waals surface area contributed by atoms with Crippen molar-refractivity contribution in [1.29, 1.82) is 0 Å². The van der Waals surface area contributed by atoms with E-state index in [-0.39, 0.29) is 6.04 Å². The van der Waals surface area contributed by atoms with Gasteiger partial charge in [0.05, 0.1) is 7.11 Å². The summed E-state index contributed by atoms with van der Waals surface area (Å²) < 4.78 is 34.0. The molecule has 4 rings (SSSR count). The first-order chi connectivity index (χ1) is 13.5. The number of anilines is 1. The first-order valence-electron chi connectivity index (χ1n) is 9.85. The number of hydrogen-bond acceptors (Lipinski definition) is 5. The molecule has 152 valence electrons. The molecule has 2 aromatic rings. The van der Waals surface area contributed by atoms with E-state index >= 15 is 0 Å². The molecule has 0 bridgehead atoms. The minimum Gasteiger partial charge on any atom is -0.496 e. The molecule has 1 N–H and O–H groups in total. The molecule has 0 aliphatic carbocycles. The molecule has 1 fully saturated rings. The molecule has 3 heterocycles. The smallest absolute Gasteiger partial charge is 0.260 e. The first-order valence-corrected chi connectivity index (χ1v) is 9.85. The molecule has 1 unspecified atom stereocenters. The van der Waals surface area contributed by atoms with Gasteiger partial charge in [0.15, 0.2) is 0 Å². The second-order valence-electron chi connectivity index (χ2n) is 7.87. The average molecular weight is 391 g/mol. The highest BCUT2D eigenvalue weighted by Crippen LogP contribution is 2.35. The maximum absolute atomic E-state index is 13.6. The van der Waals surface area contributed by atoms with Crippen molar-refractivity contribution in [2.24, 2.45) is 5.92 Å². The third-order valence-corrected chi connectivity index (χ3v) is 5.93. The standard InChI is InChI=1S/C20H27F2N5O/c1-13-5-6-18(28-2)15(8-13)11-26-7-3-4-14(10-26)16-9-17(19(21)22)27-20(25-16)23-12-24-27/h5-6,8,12,14,16-17,19H,3-4,7,9-11H2,1-2H3,(H,23,24,25)/t14?,16-,17+/m0/s1. The Bertz CT molecular complexity index is 812. The van der Waals surface area contributed by atoms with Crippen molar-refractivity contribution >= 4 is 5.95 Å². The normalized spacial score (nSPS) is 25.4. The Kier molecular flexibility index (Phi) is 5.48. The number of nitrogens with zero attached hydrogens (tertiary/aromatic N) is 4. The summed E-state index contributed by atoms with van der Waals surface area (Å²) in [6, 6.07) is 5.30. The highest BCUT2D eigenvalue weighted by atomic mass is 19.3. The molecule has 1 aromatic carbocycles. The Morgan fingerprint density at radius 3 is 3.00 bits per heavy atom. The largest absolute Gasteiger partial charge is 0.496 e. The Morgan fingerprint density at radius 1 is 1.36 bits per heavy atom. The van der Waals surface area contributed by atoms with Gasteiger partial charge in [0.1, 0.15) is 18.1 Å². The van der Waals surface area contributed by atoms with Gasteiger partial charge in [0, 0.05) is 24.7 Å². The van der Waals surface area contributed by atoms with Crippen LogP contribution < -0.4 is 10.1 Å². The van der Waals surface area contributed by atoms with Crippen molar-refractivity contribution in [3.63, 3.8) is 0 Å². The number of rotatable bonds is 5. The molecular formula is C20H27F2N5O. The zero-order valence-electron chi connectivity index (χ0n) is 16.3. The van der Waals surface area contributed by atoms with Crippen molar-refractivity contribution in [2.75, 3.05) is 25.5 Å². The van der Waals surface area contributed by atoms with Crippen molar-refractivity contribution < 1.29 is 13.5 Å². The minimum absolute atomic E-state index is 0.0158. The van der Waals surface area contributed by atoms with E-state index in [4.69, 9.17) is 4.74 Å². The van der Waals surface area contributed by atoms with Crippen molar-refractivity contribution in [3.8, 4) is 5.75 Å². The molecule has 0 amide bonds. The fourth-order valence-corrected chi connectivity index (χ4v) is 4.54.